The van der Waals surface area contributed by atoms with Crippen LogP contribution in [0, 0.1) is 0 Å². The number of benzene rings is 2. The number of hydrazone groups is 1. The van der Waals surface area contributed by atoms with Gasteiger partial charge in [-0.2, -0.15) is 5.10 Å². The van der Waals surface area contributed by atoms with Crippen molar-refractivity contribution in [1.29, 1.82) is 0 Å². The summed E-state index contributed by atoms with van der Waals surface area (Å²) in [4.78, 5) is 0. The van der Waals surface area contributed by atoms with Crippen molar-refractivity contribution >= 4 is 11.8 Å². The highest BCUT2D eigenvalue weighted by Gasteiger charge is 2.20. The van der Waals surface area contributed by atoms with Crippen molar-refractivity contribution in [3.8, 4) is 23.0 Å². The quantitative estimate of drug-likeness (QED) is 0.398. The maximum atomic E-state index is 5.50. The number of hydrogen-bond donors (Lipinski definition) is 1. The van der Waals surface area contributed by atoms with Crippen molar-refractivity contribution in [3.05, 3.63) is 53.6 Å². The van der Waals surface area contributed by atoms with E-state index in [9.17, 15) is 0 Å². The van der Waals surface area contributed by atoms with Crippen molar-refractivity contribution in [2.75, 3.05) is 28.4 Å². The minimum atomic E-state index is 0.0108. The van der Waals surface area contributed by atoms with E-state index in [1.807, 2.05) is 30.3 Å². The van der Waals surface area contributed by atoms with Crippen molar-refractivity contribution in [2.45, 2.75) is 19.3 Å². The average molecular weight is 384 g/mol. The molecule has 2 aromatic carbocycles. The molecule has 6 nitrogen and oxygen atoms in total. The van der Waals surface area contributed by atoms with Gasteiger partial charge in [-0.15, -0.1) is 0 Å². The van der Waals surface area contributed by atoms with Crippen LogP contribution in [0.2, 0.25) is 0 Å². The molecular formula is C22H28N2O4. The van der Waals surface area contributed by atoms with E-state index >= 15 is 0 Å². The first-order valence-electron chi connectivity index (χ1n) is 8.95. The molecule has 0 amide bonds. The summed E-state index contributed by atoms with van der Waals surface area (Å²) in [7, 11) is 6.44. The van der Waals surface area contributed by atoms with Gasteiger partial charge in [-0.05, 0) is 52.9 Å². The van der Waals surface area contributed by atoms with Crippen molar-refractivity contribution in [1.82, 2.24) is 0 Å². The number of methoxy groups -OCH3 is 4. The normalized spacial score (nSPS) is 11.9. The molecular weight excluding hydrogens is 356 g/mol. The van der Waals surface area contributed by atoms with Gasteiger partial charge in [-0.1, -0.05) is 19.6 Å². The van der Waals surface area contributed by atoms with Gasteiger partial charge < -0.3 is 24.8 Å². The van der Waals surface area contributed by atoms with E-state index in [-0.39, 0.29) is 5.92 Å². The van der Waals surface area contributed by atoms with Gasteiger partial charge in [0.1, 0.15) is 0 Å². The number of nitrogens with zero attached hydrogens (tertiary/aromatic N) is 1. The third kappa shape index (κ3) is 4.22. The Balaban J connectivity index is 2.66. The zero-order valence-electron chi connectivity index (χ0n) is 17.1. The molecule has 0 aliphatic heterocycles. The molecule has 28 heavy (non-hydrogen) atoms. The van der Waals surface area contributed by atoms with Crippen LogP contribution in [-0.4, -0.2) is 34.7 Å². The highest BCUT2D eigenvalue weighted by atomic mass is 16.5. The molecule has 0 aliphatic carbocycles. The molecule has 2 rings (SSSR count). The Morgan fingerprint density at radius 2 is 1.54 bits per heavy atom. The lowest BCUT2D eigenvalue weighted by Crippen LogP contribution is -2.07. The van der Waals surface area contributed by atoms with Gasteiger partial charge in [0.25, 0.3) is 0 Å². The topological polar surface area (TPSA) is 75.3 Å². The minimum Gasteiger partial charge on any atom is -0.493 e. The summed E-state index contributed by atoms with van der Waals surface area (Å²) in [5.41, 5.74) is 3.66. The van der Waals surface area contributed by atoms with Gasteiger partial charge in [0.05, 0.1) is 28.4 Å². The minimum absolute atomic E-state index is 0.0108. The van der Waals surface area contributed by atoms with Crippen molar-refractivity contribution in [2.24, 2.45) is 10.9 Å². The number of rotatable bonds is 9. The Hall–Kier alpha value is -3.15. The highest BCUT2D eigenvalue weighted by molar-refractivity contribution is 5.84. The van der Waals surface area contributed by atoms with Crippen LogP contribution >= 0.6 is 0 Å². The molecule has 0 unspecified atom stereocenters. The van der Waals surface area contributed by atoms with Crippen LogP contribution in [0.5, 0.6) is 23.0 Å². The average Bonchev–Trinajstić information content (AvgIpc) is 2.75. The predicted octanol–water partition coefficient (Wildman–Crippen LogP) is 4.22. The van der Waals surface area contributed by atoms with Gasteiger partial charge in [0.2, 0.25) is 0 Å². The standard InChI is InChI=1S/C22H28N2O4/c1-7-15(13-24-23)18-12-22(28-6)21(27-5)11-17(18)14(2)16-8-9-19(25-3)20(10-16)26-4/h8-13,15H,2,7,23H2,1,3-6H3/b24-13+/t15-/m1/s1. The van der Waals surface area contributed by atoms with Gasteiger partial charge in [-0.25, -0.2) is 0 Å². The van der Waals surface area contributed by atoms with E-state index in [2.05, 4.69) is 18.6 Å². The summed E-state index contributed by atoms with van der Waals surface area (Å²) in [5.74, 6) is 8.02. The highest BCUT2D eigenvalue weighted by Crippen LogP contribution is 2.40. The van der Waals surface area contributed by atoms with E-state index in [0.717, 1.165) is 28.7 Å². The third-order valence-corrected chi connectivity index (χ3v) is 4.72. The Kier molecular flexibility index (Phi) is 7.32. The van der Waals surface area contributed by atoms with Gasteiger partial charge in [-0.3, -0.25) is 0 Å². The summed E-state index contributed by atoms with van der Waals surface area (Å²) in [6.07, 6.45) is 2.55. The van der Waals surface area contributed by atoms with E-state index in [1.54, 1.807) is 34.7 Å². The Morgan fingerprint density at radius 3 is 2.07 bits per heavy atom. The van der Waals surface area contributed by atoms with E-state index < -0.39 is 0 Å². The van der Waals surface area contributed by atoms with Crippen LogP contribution in [0.1, 0.15) is 36.0 Å². The van der Waals surface area contributed by atoms with E-state index in [0.29, 0.717) is 23.0 Å². The van der Waals surface area contributed by atoms with Crippen LogP contribution < -0.4 is 24.8 Å². The fourth-order valence-corrected chi connectivity index (χ4v) is 3.15. The molecule has 0 radical (unpaired) electrons. The maximum Gasteiger partial charge on any atom is 0.161 e. The third-order valence-electron chi connectivity index (χ3n) is 4.72. The molecule has 0 aliphatic rings. The number of hydrogen-bond acceptors (Lipinski definition) is 6. The molecule has 0 fully saturated rings. The molecule has 6 heteroatoms. The zero-order chi connectivity index (χ0) is 20.7. The van der Waals surface area contributed by atoms with Crippen molar-refractivity contribution in [3.63, 3.8) is 0 Å². The molecule has 2 N–H and O–H groups in total. The van der Waals surface area contributed by atoms with Crippen LogP contribution in [0.15, 0.2) is 42.0 Å². The van der Waals surface area contributed by atoms with E-state index in [1.165, 1.54) is 0 Å². The van der Waals surface area contributed by atoms with Gasteiger partial charge in [0.15, 0.2) is 23.0 Å². The fraction of sp³-hybridized carbons (Fsp3) is 0.318. The maximum absolute atomic E-state index is 5.50. The molecule has 0 saturated carbocycles. The lowest BCUT2D eigenvalue weighted by molar-refractivity contribution is 0.354. The lowest BCUT2D eigenvalue weighted by atomic mass is 9.87. The molecule has 0 heterocycles. The Morgan fingerprint density at radius 1 is 0.964 bits per heavy atom. The number of ether oxygens (including phenoxy) is 4. The molecule has 2 aromatic rings. The van der Waals surface area contributed by atoms with Gasteiger partial charge in [0, 0.05) is 12.1 Å². The molecule has 0 bridgehead atoms. The summed E-state index contributed by atoms with van der Waals surface area (Å²) < 4.78 is 21.8. The second-order valence-electron chi connectivity index (χ2n) is 6.16. The summed E-state index contributed by atoms with van der Waals surface area (Å²) in [6.45, 7) is 6.40. The Labute approximate surface area is 166 Å². The summed E-state index contributed by atoms with van der Waals surface area (Å²) in [5, 5.41) is 3.74. The molecule has 0 saturated heterocycles. The van der Waals surface area contributed by atoms with Gasteiger partial charge >= 0.3 is 0 Å². The largest absolute Gasteiger partial charge is 0.493 e. The molecule has 0 spiro atoms. The van der Waals surface area contributed by atoms with Crippen LogP contribution in [0.4, 0.5) is 0 Å². The molecule has 1 atom stereocenters. The second-order valence-corrected chi connectivity index (χ2v) is 6.16. The molecule has 0 aromatic heterocycles. The summed E-state index contributed by atoms with van der Waals surface area (Å²) in [6, 6.07) is 9.59. The van der Waals surface area contributed by atoms with Crippen LogP contribution in [-0.2, 0) is 0 Å². The van der Waals surface area contributed by atoms with Crippen LogP contribution in [0.25, 0.3) is 5.57 Å². The monoisotopic (exact) mass is 384 g/mol. The SMILES string of the molecule is C=C(c1ccc(OC)c(OC)c1)c1cc(OC)c(OC)cc1[C@@H](/C=N/N)CC. The Bertz CT molecular complexity index is 862. The number of nitrogens with two attached hydrogens (primary N) is 1. The second kappa shape index (κ2) is 9.69. The lowest BCUT2D eigenvalue weighted by Gasteiger charge is -2.21. The fourth-order valence-electron chi connectivity index (χ4n) is 3.15. The predicted molar refractivity (Wildman–Crippen MR) is 113 cm³/mol. The van der Waals surface area contributed by atoms with Crippen LogP contribution in [0.3, 0.4) is 0 Å². The first-order chi connectivity index (χ1) is 13.5. The smallest absolute Gasteiger partial charge is 0.161 e. The first-order valence-corrected chi connectivity index (χ1v) is 8.95. The van der Waals surface area contributed by atoms with Crippen molar-refractivity contribution < 1.29 is 18.9 Å². The molecule has 150 valence electrons. The van der Waals surface area contributed by atoms with E-state index in [4.69, 9.17) is 24.8 Å². The zero-order valence-corrected chi connectivity index (χ0v) is 17.1. The first kappa shape index (κ1) is 21.2. The summed E-state index contributed by atoms with van der Waals surface area (Å²) >= 11 is 0.